The molecule has 1 heterocycles. The Balaban J connectivity index is 2.25. The van der Waals surface area contributed by atoms with Crippen LogP contribution in [-0.4, -0.2) is 18.1 Å². The summed E-state index contributed by atoms with van der Waals surface area (Å²) in [6.07, 6.45) is 0. The highest BCUT2D eigenvalue weighted by Gasteiger charge is 2.16. The van der Waals surface area contributed by atoms with Crippen molar-refractivity contribution in [3.8, 4) is 0 Å². The molecular formula is C14H18FNOS. The summed E-state index contributed by atoms with van der Waals surface area (Å²) in [4.78, 5) is 0. The van der Waals surface area contributed by atoms with Crippen LogP contribution in [0, 0.1) is 5.82 Å². The molecule has 1 atom stereocenters. The van der Waals surface area contributed by atoms with Crippen LogP contribution in [0.25, 0.3) is 11.0 Å². The smallest absolute Gasteiger partial charge is 0.169 e. The first-order chi connectivity index (χ1) is 8.61. The van der Waals surface area contributed by atoms with Crippen LogP contribution in [0.3, 0.4) is 0 Å². The molecule has 0 fully saturated rings. The second kappa shape index (κ2) is 5.76. The van der Waals surface area contributed by atoms with Gasteiger partial charge in [0.15, 0.2) is 11.4 Å². The minimum absolute atomic E-state index is 0.115. The minimum Gasteiger partial charge on any atom is -0.456 e. The maximum atomic E-state index is 13.6. The second-order valence-corrected chi connectivity index (χ2v) is 6.14. The molecule has 0 bridgehead atoms. The molecule has 0 saturated carbocycles. The first kappa shape index (κ1) is 13.4. The van der Waals surface area contributed by atoms with Gasteiger partial charge in [-0.25, -0.2) is 4.39 Å². The van der Waals surface area contributed by atoms with E-state index in [0.29, 0.717) is 10.8 Å². The summed E-state index contributed by atoms with van der Waals surface area (Å²) >= 11 is 1.86. The van der Waals surface area contributed by atoms with Crippen LogP contribution in [0.1, 0.15) is 25.6 Å². The van der Waals surface area contributed by atoms with E-state index in [0.717, 1.165) is 16.9 Å². The topological polar surface area (TPSA) is 25.2 Å². The van der Waals surface area contributed by atoms with E-state index in [4.69, 9.17) is 4.42 Å². The van der Waals surface area contributed by atoms with Gasteiger partial charge in [0, 0.05) is 11.1 Å². The van der Waals surface area contributed by atoms with Gasteiger partial charge in [-0.2, -0.15) is 11.8 Å². The third kappa shape index (κ3) is 2.87. The Hall–Kier alpha value is -1.00. The minimum atomic E-state index is -0.301. The molecule has 0 spiro atoms. The van der Waals surface area contributed by atoms with Crippen LogP contribution in [0.15, 0.2) is 28.7 Å². The zero-order valence-electron chi connectivity index (χ0n) is 10.9. The SMILES string of the molecule is CNC(CSC(C)C)c1cc2cccc(F)c2o1. The van der Waals surface area contributed by atoms with Crippen LogP contribution >= 0.6 is 11.8 Å². The number of furan rings is 1. The van der Waals surface area contributed by atoms with Gasteiger partial charge in [0.2, 0.25) is 0 Å². The molecule has 2 rings (SSSR count). The Morgan fingerprint density at radius 3 is 2.78 bits per heavy atom. The summed E-state index contributed by atoms with van der Waals surface area (Å²) < 4.78 is 19.2. The molecule has 1 aromatic carbocycles. The molecule has 1 unspecified atom stereocenters. The Morgan fingerprint density at radius 1 is 1.39 bits per heavy atom. The Labute approximate surface area is 111 Å². The number of hydrogen-bond donors (Lipinski definition) is 1. The summed E-state index contributed by atoms with van der Waals surface area (Å²) in [5, 5.41) is 4.61. The number of benzene rings is 1. The van der Waals surface area contributed by atoms with Crippen LogP contribution in [0.5, 0.6) is 0 Å². The molecule has 1 aromatic heterocycles. The van der Waals surface area contributed by atoms with E-state index in [2.05, 4.69) is 19.2 Å². The van der Waals surface area contributed by atoms with E-state index < -0.39 is 0 Å². The predicted molar refractivity (Wildman–Crippen MR) is 75.6 cm³/mol. The molecule has 0 amide bonds. The van der Waals surface area contributed by atoms with E-state index in [1.54, 1.807) is 6.07 Å². The molecule has 18 heavy (non-hydrogen) atoms. The monoisotopic (exact) mass is 267 g/mol. The number of hydrogen-bond acceptors (Lipinski definition) is 3. The van der Waals surface area contributed by atoms with Crippen molar-refractivity contribution in [1.29, 1.82) is 0 Å². The summed E-state index contributed by atoms with van der Waals surface area (Å²) in [5.74, 6) is 1.41. The summed E-state index contributed by atoms with van der Waals surface area (Å²) in [6, 6.07) is 7.03. The van der Waals surface area contributed by atoms with Gasteiger partial charge in [-0.05, 0) is 24.4 Å². The normalized spacial score (nSPS) is 13.4. The lowest BCUT2D eigenvalue weighted by atomic mass is 10.2. The van der Waals surface area contributed by atoms with E-state index >= 15 is 0 Å². The van der Waals surface area contributed by atoms with Crippen molar-refractivity contribution in [3.05, 3.63) is 35.8 Å². The Bertz CT molecular complexity index is 523. The number of nitrogens with one attached hydrogen (secondary N) is 1. The van der Waals surface area contributed by atoms with Gasteiger partial charge in [0.25, 0.3) is 0 Å². The predicted octanol–water partition coefficient (Wildman–Crippen LogP) is 3.97. The average molecular weight is 267 g/mol. The number of para-hydroxylation sites is 1. The number of halogens is 1. The summed E-state index contributed by atoms with van der Waals surface area (Å²) in [5.41, 5.74) is 0.349. The zero-order valence-corrected chi connectivity index (χ0v) is 11.7. The molecule has 0 aliphatic heterocycles. The van der Waals surface area contributed by atoms with Crippen LogP contribution in [-0.2, 0) is 0 Å². The van der Waals surface area contributed by atoms with E-state index in [1.165, 1.54) is 6.07 Å². The van der Waals surface area contributed by atoms with E-state index in [1.807, 2.05) is 30.9 Å². The van der Waals surface area contributed by atoms with E-state index in [-0.39, 0.29) is 11.9 Å². The first-order valence-corrected chi connectivity index (χ1v) is 7.13. The van der Waals surface area contributed by atoms with Crippen molar-refractivity contribution in [2.45, 2.75) is 25.1 Å². The van der Waals surface area contributed by atoms with Gasteiger partial charge in [0.05, 0.1) is 6.04 Å². The van der Waals surface area contributed by atoms with Crippen molar-refractivity contribution in [3.63, 3.8) is 0 Å². The van der Waals surface area contributed by atoms with Crippen LogP contribution in [0.2, 0.25) is 0 Å². The van der Waals surface area contributed by atoms with Gasteiger partial charge >= 0.3 is 0 Å². The number of fused-ring (bicyclic) bond motifs is 1. The van der Waals surface area contributed by atoms with Crippen molar-refractivity contribution in [1.82, 2.24) is 5.32 Å². The van der Waals surface area contributed by atoms with Crippen LogP contribution in [0.4, 0.5) is 4.39 Å². The maximum Gasteiger partial charge on any atom is 0.169 e. The highest BCUT2D eigenvalue weighted by molar-refractivity contribution is 7.99. The zero-order chi connectivity index (χ0) is 13.1. The fourth-order valence-corrected chi connectivity index (χ4v) is 2.72. The second-order valence-electron chi connectivity index (χ2n) is 4.53. The molecule has 0 aliphatic rings. The molecule has 1 N–H and O–H groups in total. The molecule has 2 aromatic rings. The molecule has 98 valence electrons. The standard InChI is InChI=1S/C14H18FNOS/c1-9(2)18-8-12(16-3)13-7-10-5-4-6-11(15)14(10)17-13/h4-7,9,12,16H,8H2,1-3H3. The van der Waals surface area contributed by atoms with E-state index in [9.17, 15) is 4.39 Å². The Kier molecular flexibility index (Phi) is 4.30. The van der Waals surface area contributed by atoms with Crippen molar-refractivity contribution in [2.75, 3.05) is 12.8 Å². The lowest BCUT2D eigenvalue weighted by Gasteiger charge is -2.14. The molecular weight excluding hydrogens is 249 g/mol. The highest BCUT2D eigenvalue weighted by atomic mass is 32.2. The fourth-order valence-electron chi connectivity index (χ4n) is 1.82. The molecule has 2 nitrogen and oxygen atoms in total. The molecule has 4 heteroatoms. The van der Waals surface area contributed by atoms with Crippen LogP contribution < -0.4 is 5.32 Å². The molecule has 0 aliphatic carbocycles. The first-order valence-electron chi connectivity index (χ1n) is 6.08. The quantitative estimate of drug-likeness (QED) is 0.887. The van der Waals surface area contributed by atoms with Crippen molar-refractivity contribution >= 4 is 22.7 Å². The summed E-state index contributed by atoms with van der Waals surface area (Å²) in [6.45, 7) is 4.32. The third-order valence-electron chi connectivity index (χ3n) is 2.80. The van der Waals surface area contributed by atoms with Gasteiger partial charge in [-0.3, -0.25) is 0 Å². The van der Waals surface area contributed by atoms with Gasteiger partial charge in [-0.15, -0.1) is 0 Å². The lowest BCUT2D eigenvalue weighted by Crippen LogP contribution is -2.18. The van der Waals surface area contributed by atoms with Gasteiger partial charge < -0.3 is 9.73 Å². The number of thioether (sulfide) groups is 1. The third-order valence-corrected chi connectivity index (χ3v) is 4.00. The van der Waals surface area contributed by atoms with Crippen molar-refractivity contribution < 1.29 is 8.81 Å². The number of rotatable bonds is 5. The highest BCUT2D eigenvalue weighted by Crippen LogP contribution is 2.28. The summed E-state index contributed by atoms with van der Waals surface area (Å²) in [7, 11) is 1.90. The molecule has 0 radical (unpaired) electrons. The van der Waals surface area contributed by atoms with Gasteiger partial charge in [0.1, 0.15) is 5.76 Å². The average Bonchev–Trinajstić information content (AvgIpc) is 2.75. The largest absolute Gasteiger partial charge is 0.456 e. The van der Waals surface area contributed by atoms with Crippen molar-refractivity contribution in [2.24, 2.45) is 0 Å². The fraction of sp³-hybridized carbons (Fsp3) is 0.429. The lowest BCUT2D eigenvalue weighted by molar-refractivity contribution is 0.466. The molecule has 0 saturated heterocycles. The maximum absolute atomic E-state index is 13.6. The van der Waals surface area contributed by atoms with Gasteiger partial charge in [-0.1, -0.05) is 26.0 Å². The Morgan fingerprint density at radius 2 is 2.17 bits per heavy atom.